The molecule has 0 saturated heterocycles. The van der Waals surface area contributed by atoms with Gasteiger partial charge in [-0.2, -0.15) is 5.10 Å². The normalized spacial score (nSPS) is 10.6. The smallest absolute Gasteiger partial charge is 0.250 e. The van der Waals surface area contributed by atoms with Crippen LogP contribution in [-0.2, 0) is 0 Å². The largest absolute Gasteiger partial charge is 0.398 e. The number of anilines is 1. The van der Waals surface area contributed by atoms with Crippen LogP contribution < -0.4 is 5.73 Å². The summed E-state index contributed by atoms with van der Waals surface area (Å²) in [4.78, 5) is 7.72. The number of aromatic nitrogens is 4. The second-order valence-corrected chi connectivity index (χ2v) is 3.96. The maximum atomic E-state index is 12.8. The SMILES string of the molecule is Nc1ccccc1-c1cnn(-c2ncc(F)cn2)c1. The molecule has 19 heavy (non-hydrogen) atoms. The van der Waals surface area contributed by atoms with E-state index in [4.69, 9.17) is 5.73 Å². The summed E-state index contributed by atoms with van der Waals surface area (Å²) in [5.41, 5.74) is 8.31. The van der Waals surface area contributed by atoms with E-state index in [1.165, 1.54) is 4.68 Å². The van der Waals surface area contributed by atoms with E-state index in [1.54, 1.807) is 12.4 Å². The number of hydrogen-bond donors (Lipinski definition) is 1. The molecule has 94 valence electrons. The summed E-state index contributed by atoms with van der Waals surface area (Å²) in [6, 6.07) is 7.49. The molecule has 0 saturated carbocycles. The minimum absolute atomic E-state index is 0.308. The quantitative estimate of drug-likeness (QED) is 0.711. The second-order valence-electron chi connectivity index (χ2n) is 3.96. The molecule has 3 rings (SSSR count). The molecule has 0 unspecified atom stereocenters. The zero-order valence-electron chi connectivity index (χ0n) is 9.86. The Bertz CT molecular complexity index is 705. The minimum atomic E-state index is -0.483. The molecule has 0 aliphatic heterocycles. The van der Waals surface area contributed by atoms with Gasteiger partial charge < -0.3 is 5.73 Å². The Kier molecular flexibility index (Phi) is 2.68. The molecule has 0 aliphatic carbocycles. The number of halogens is 1. The summed E-state index contributed by atoms with van der Waals surface area (Å²) in [6.45, 7) is 0. The van der Waals surface area contributed by atoms with Crippen molar-refractivity contribution in [3.8, 4) is 17.1 Å². The van der Waals surface area contributed by atoms with Crippen LogP contribution in [0.4, 0.5) is 10.1 Å². The topological polar surface area (TPSA) is 69.6 Å². The number of para-hydroxylation sites is 1. The highest BCUT2D eigenvalue weighted by Gasteiger charge is 2.07. The molecular weight excluding hydrogens is 245 g/mol. The molecular formula is C13H10FN5. The number of nitrogen functional groups attached to an aromatic ring is 1. The van der Waals surface area contributed by atoms with Crippen molar-refractivity contribution in [3.05, 3.63) is 54.9 Å². The van der Waals surface area contributed by atoms with Gasteiger partial charge in [0.2, 0.25) is 0 Å². The van der Waals surface area contributed by atoms with Crippen LogP contribution in [0.3, 0.4) is 0 Å². The molecule has 0 atom stereocenters. The van der Waals surface area contributed by atoms with Crippen molar-refractivity contribution in [2.75, 3.05) is 5.73 Å². The Hall–Kier alpha value is -2.76. The summed E-state index contributed by atoms with van der Waals surface area (Å²) in [7, 11) is 0. The Morgan fingerprint density at radius 2 is 1.79 bits per heavy atom. The predicted molar refractivity (Wildman–Crippen MR) is 69.0 cm³/mol. The number of nitrogens with zero attached hydrogens (tertiary/aromatic N) is 4. The molecule has 0 radical (unpaired) electrons. The maximum Gasteiger partial charge on any atom is 0.250 e. The van der Waals surface area contributed by atoms with Crippen LogP contribution >= 0.6 is 0 Å². The monoisotopic (exact) mass is 255 g/mol. The molecule has 0 spiro atoms. The van der Waals surface area contributed by atoms with Gasteiger partial charge in [-0.15, -0.1) is 0 Å². The highest BCUT2D eigenvalue weighted by molar-refractivity contribution is 5.75. The van der Waals surface area contributed by atoms with Crippen LogP contribution in [0.25, 0.3) is 17.1 Å². The van der Waals surface area contributed by atoms with Crippen LogP contribution in [-0.4, -0.2) is 19.7 Å². The van der Waals surface area contributed by atoms with Crippen molar-refractivity contribution in [2.45, 2.75) is 0 Å². The number of nitrogens with two attached hydrogens (primary N) is 1. The Morgan fingerprint density at radius 1 is 1.05 bits per heavy atom. The van der Waals surface area contributed by atoms with E-state index < -0.39 is 5.82 Å². The molecule has 2 N–H and O–H groups in total. The van der Waals surface area contributed by atoms with Gasteiger partial charge in [0.1, 0.15) is 0 Å². The van der Waals surface area contributed by atoms with Crippen molar-refractivity contribution < 1.29 is 4.39 Å². The van der Waals surface area contributed by atoms with Gasteiger partial charge in [0.25, 0.3) is 5.95 Å². The van der Waals surface area contributed by atoms with Gasteiger partial charge in [0.05, 0.1) is 18.6 Å². The molecule has 2 aromatic heterocycles. The van der Waals surface area contributed by atoms with Crippen molar-refractivity contribution in [1.82, 2.24) is 19.7 Å². The Balaban J connectivity index is 2.00. The molecule has 6 heteroatoms. The van der Waals surface area contributed by atoms with Gasteiger partial charge in [-0.05, 0) is 6.07 Å². The lowest BCUT2D eigenvalue weighted by Crippen LogP contribution is -2.01. The lowest BCUT2D eigenvalue weighted by atomic mass is 10.1. The fourth-order valence-corrected chi connectivity index (χ4v) is 1.75. The molecule has 0 fully saturated rings. The maximum absolute atomic E-state index is 12.8. The summed E-state index contributed by atoms with van der Waals surface area (Å²) in [6.07, 6.45) is 5.61. The van der Waals surface area contributed by atoms with Crippen molar-refractivity contribution in [2.24, 2.45) is 0 Å². The molecule has 3 aromatic rings. The van der Waals surface area contributed by atoms with Crippen molar-refractivity contribution in [1.29, 1.82) is 0 Å². The van der Waals surface area contributed by atoms with Gasteiger partial charge in [-0.3, -0.25) is 0 Å². The first-order valence-corrected chi connectivity index (χ1v) is 5.61. The van der Waals surface area contributed by atoms with Crippen LogP contribution in [0.15, 0.2) is 49.1 Å². The van der Waals surface area contributed by atoms with Crippen molar-refractivity contribution >= 4 is 5.69 Å². The van der Waals surface area contributed by atoms with E-state index in [-0.39, 0.29) is 0 Å². The van der Waals surface area contributed by atoms with Crippen LogP contribution in [0.1, 0.15) is 0 Å². The summed E-state index contributed by atoms with van der Waals surface area (Å²) < 4.78 is 14.2. The lowest BCUT2D eigenvalue weighted by Gasteiger charge is -2.01. The average Bonchev–Trinajstić information content (AvgIpc) is 2.89. The van der Waals surface area contributed by atoms with E-state index >= 15 is 0 Å². The fraction of sp³-hybridized carbons (Fsp3) is 0. The number of benzene rings is 1. The minimum Gasteiger partial charge on any atom is -0.398 e. The first-order valence-electron chi connectivity index (χ1n) is 5.61. The highest BCUT2D eigenvalue weighted by Crippen LogP contribution is 2.25. The third kappa shape index (κ3) is 2.15. The molecule has 0 amide bonds. The zero-order chi connectivity index (χ0) is 13.2. The summed E-state index contributed by atoms with van der Waals surface area (Å²) in [5.74, 6) is -0.175. The van der Waals surface area contributed by atoms with E-state index in [9.17, 15) is 4.39 Å². The van der Waals surface area contributed by atoms with E-state index in [0.717, 1.165) is 23.5 Å². The molecule has 1 aromatic carbocycles. The van der Waals surface area contributed by atoms with Gasteiger partial charge in [0.15, 0.2) is 5.82 Å². The lowest BCUT2D eigenvalue weighted by molar-refractivity contribution is 0.608. The first kappa shape index (κ1) is 11.3. The molecule has 5 nitrogen and oxygen atoms in total. The first-order chi connectivity index (χ1) is 9.24. The Labute approximate surface area is 108 Å². The summed E-state index contributed by atoms with van der Waals surface area (Å²) >= 11 is 0. The third-order valence-electron chi connectivity index (χ3n) is 2.67. The molecule has 2 heterocycles. The number of hydrogen-bond acceptors (Lipinski definition) is 4. The molecule has 0 bridgehead atoms. The van der Waals surface area contributed by atoms with Crippen molar-refractivity contribution in [3.63, 3.8) is 0 Å². The van der Waals surface area contributed by atoms with E-state index in [1.807, 2.05) is 24.3 Å². The predicted octanol–water partition coefficient (Wildman–Crippen LogP) is 2.05. The average molecular weight is 255 g/mol. The Morgan fingerprint density at radius 3 is 2.53 bits per heavy atom. The standard InChI is InChI=1S/C13H10FN5/c14-10-6-16-13(17-7-10)19-8-9(5-18-19)11-3-1-2-4-12(11)15/h1-8H,15H2. The fourth-order valence-electron chi connectivity index (χ4n) is 1.75. The van der Waals surface area contributed by atoms with E-state index in [0.29, 0.717) is 11.6 Å². The van der Waals surface area contributed by atoms with Crippen LogP contribution in [0, 0.1) is 5.82 Å². The van der Waals surface area contributed by atoms with Crippen LogP contribution in [0.5, 0.6) is 0 Å². The second kappa shape index (κ2) is 4.49. The highest BCUT2D eigenvalue weighted by atomic mass is 19.1. The molecule has 0 aliphatic rings. The van der Waals surface area contributed by atoms with E-state index in [2.05, 4.69) is 15.1 Å². The zero-order valence-corrected chi connectivity index (χ0v) is 9.86. The van der Waals surface area contributed by atoms with Gasteiger partial charge in [-0.1, -0.05) is 18.2 Å². The van der Waals surface area contributed by atoms with Gasteiger partial charge in [0, 0.05) is 23.0 Å². The third-order valence-corrected chi connectivity index (χ3v) is 2.67. The number of rotatable bonds is 2. The van der Waals surface area contributed by atoms with Gasteiger partial charge in [-0.25, -0.2) is 19.0 Å². The van der Waals surface area contributed by atoms with Gasteiger partial charge >= 0.3 is 0 Å². The van der Waals surface area contributed by atoms with Crippen LogP contribution in [0.2, 0.25) is 0 Å². The summed E-state index contributed by atoms with van der Waals surface area (Å²) in [5, 5.41) is 4.15.